The van der Waals surface area contributed by atoms with Crippen molar-refractivity contribution in [3.8, 4) is 17.2 Å². The molecule has 2 aromatic carbocycles. The van der Waals surface area contributed by atoms with E-state index in [4.69, 9.17) is 4.74 Å². The third-order valence-electron chi connectivity index (χ3n) is 3.60. The van der Waals surface area contributed by atoms with Crippen LogP contribution in [-0.2, 0) is 0 Å². The Balaban J connectivity index is 2.20. The molecule has 0 amide bonds. The summed E-state index contributed by atoms with van der Waals surface area (Å²) in [7, 11) is 1.47. The zero-order valence-corrected chi connectivity index (χ0v) is 14.5. The van der Waals surface area contributed by atoms with E-state index in [1.54, 1.807) is 18.2 Å². The van der Waals surface area contributed by atoms with Crippen molar-refractivity contribution in [3.63, 3.8) is 0 Å². The average Bonchev–Trinajstić information content (AvgIpc) is 2.87. The Kier molecular flexibility index (Phi) is 4.31. The van der Waals surface area contributed by atoms with Crippen LogP contribution in [0.2, 0.25) is 0 Å². The number of hydrogen-bond acceptors (Lipinski definition) is 3. The minimum absolute atomic E-state index is 0.0141. The van der Waals surface area contributed by atoms with E-state index in [9.17, 15) is 9.90 Å². The molecule has 2 N–H and O–H groups in total. The third-order valence-corrected chi connectivity index (χ3v) is 4.21. The molecule has 5 nitrogen and oxygen atoms in total. The highest BCUT2D eigenvalue weighted by Crippen LogP contribution is 2.35. The van der Waals surface area contributed by atoms with Gasteiger partial charge in [0.05, 0.1) is 27.8 Å². The number of para-hydroxylation sites is 1. The number of rotatable bonds is 3. The standard InChI is InChI=1S/C18H15BrN2O3/c1-11-14(8-12-9-15(19)17(22)16(10-12)24-2)18(23)21(20-11)13-6-4-3-5-7-13/h3-10,20,22H,1H2,2H3. The maximum Gasteiger partial charge on any atom is 0.279 e. The van der Waals surface area contributed by atoms with Crippen LogP contribution >= 0.6 is 15.9 Å². The molecule has 3 rings (SSSR count). The van der Waals surface area contributed by atoms with Crippen LogP contribution in [0.3, 0.4) is 0 Å². The van der Waals surface area contributed by atoms with E-state index in [2.05, 4.69) is 27.6 Å². The van der Waals surface area contributed by atoms with Gasteiger partial charge in [-0.1, -0.05) is 24.8 Å². The van der Waals surface area contributed by atoms with Crippen molar-refractivity contribution in [2.45, 2.75) is 0 Å². The zero-order chi connectivity index (χ0) is 17.3. The van der Waals surface area contributed by atoms with E-state index in [-0.39, 0.29) is 11.3 Å². The monoisotopic (exact) mass is 386 g/mol. The minimum atomic E-state index is -0.200. The molecule has 0 saturated heterocycles. The highest BCUT2D eigenvalue weighted by molar-refractivity contribution is 9.10. The van der Waals surface area contributed by atoms with Crippen molar-refractivity contribution in [2.24, 2.45) is 0 Å². The van der Waals surface area contributed by atoms with E-state index in [1.807, 2.05) is 30.3 Å². The molecule has 0 spiro atoms. The van der Waals surface area contributed by atoms with Gasteiger partial charge in [-0.05, 0) is 51.8 Å². The SMILES string of the molecule is C=c1[nH]n(-c2ccccc2)c(=O)c1=Cc1cc(Br)c(O)c(OC)c1. The summed E-state index contributed by atoms with van der Waals surface area (Å²) in [5.41, 5.74) is 1.24. The molecule has 0 aliphatic heterocycles. The summed E-state index contributed by atoms with van der Waals surface area (Å²) < 4.78 is 7.06. The lowest BCUT2D eigenvalue weighted by atomic mass is 10.1. The van der Waals surface area contributed by atoms with Crippen molar-refractivity contribution < 1.29 is 9.84 Å². The van der Waals surface area contributed by atoms with Gasteiger partial charge in [-0.2, -0.15) is 0 Å². The second-order valence-corrected chi connectivity index (χ2v) is 6.03. The molecular formula is C18H15BrN2O3. The van der Waals surface area contributed by atoms with Crippen LogP contribution in [0.5, 0.6) is 11.5 Å². The molecule has 0 unspecified atom stereocenters. The van der Waals surface area contributed by atoms with Crippen molar-refractivity contribution in [2.75, 3.05) is 7.11 Å². The number of ether oxygens (including phenoxy) is 1. The maximum absolute atomic E-state index is 12.7. The largest absolute Gasteiger partial charge is 0.503 e. The summed E-state index contributed by atoms with van der Waals surface area (Å²) in [4.78, 5) is 12.7. The van der Waals surface area contributed by atoms with Gasteiger partial charge in [0.2, 0.25) is 0 Å². The van der Waals surface area contributed by atoms with Crippen molar-refractivity contribution in [1.29, 1.82) is 0 Å². The lowest BCUT2D eigenvalue weighted by Gasteiger charge is -2.06. The summed E-state index contributed by atoms with van der Waals surface area (Å²) in [6, 6.07) is 12.6. The molecule has 1 aromatic heterocycles. The van der Waals surface area contributed by atoms with Crippen LogP contribution in [-0.4, -0.2) is 22.0 Å². The van der Waals surface area contributed by atoms with Crippen molar-refractivity contribution >= 4 is 28.6 Å². The fourth-order valence-corrected chi connectivity index (χ4v) is 2.86. The van der Waals surface area contributed by atoms with Crippen LogP contribution in [0.15, 0.2) is 51.7 Å². The fourth-order valence-electron chi connectivity index (χ4n) is 2.40. The Morgan fingerprint density at radius 3 is 2.67 bits per heavy atom. The van der Waals surface area contributed by atoms with Crippen LogP contribution in [0.4, 0.5) is 0 Å². The lowest BCUT2D eigenvalue weighted by molar-refractivity contribution is 0.372. The third kappa shape index (κ3) is 2.88. The average molecular weight is 387 g/mol. The van der Waals surface area contributed by atoms with E-state index in [1.165, 1.54) is 11.8 Å². The van der Waals surface area contributed by atoms with Gasteiger partial charge in [0.15, 0.2) is 11.5 Å². The van der Waals surface area contributed by atoms with Crippen LogP contribution in [0.1, 0.15) is 5.56 Å². The Morgan fingerprint density at radius 1 is 1.29 bits per heavy atom. The van der Waals surface area contributed by atoms with Gasteiger partial charge in [-0.3, -0.25) is 9.89 Å². The summed E-state index contributed by atoms with van der Waals surface area (Å²) >= 11 is 3.27. The summed E-state index contributed by atoms with van der Waals surface area (Å²) in [5, 5.41) is 13.8. The van der Waals surface area contributed by atoms with Crippen LogP contribution in [0.25, 0.3) is 18.3 Å². The highest BCUT2D eigenvalue weighted by atomic mass is 79.9. The molecular weight excluding hydrogens is 372 g/mol. The second-order valence-electron chi connectivity index (χ2n) is 5.18. The quantitative estimate of drug-likeness (QED) is 0.721. The zero-order valence-electron chi connectivity index (χ0n) is 12.9. The molecule has 6 heteroatoms. The number of H-pyrrole nitrogens is 1. The first kappa shape index (κ1) is 16.1. The molecule has 3 aromatic rings. The highest BCUT2D eigenvalue weighted by Gasteiger charge is 2.09. The smallest absolute Gasteiger partial charge is 0.279 e. The number of aromatic hydroxyl groups is 1. The summed E-state index contributed by atoms with van der Waals surface area (Å²) in [6.07, 6.45) is 1.70. The molecule has 0 aliphatic rings. The van der Waals surface area contributed by atoms with Crippen LogP contribution < -0.4 is 20.9 Å². The number of methoxy groups -OCH3 is 1. The van der Waals surface area contributed by atoms with E-state index in [0.29, 0.717) is 26.4 Å². The summed E-state index contributed by atoms with van der Waals surface area (Å²) in [5.74, 6) is 0.334. The van der Waals surface area contributed by atoms with Crippen molar-refractivity contribution in [3.05, 3.63) is 73.4 Å². The van der Waals surface area contributed by atoms with E-state index in [0.717, 1.165) is 5.69 Å². The lowest BCUT2D eigenvalue weighted by Crippen LogP contribution is -2.33. The Morgan fingerprint density at radius 2 is 2.00 bits per heavy atom. The number of aromatic amines is 1. The van der Waals surface area contributed by atoms with Gasteiger partial charge in [0, 0.05) is 0 Å². The maximum atomic E-state index is 12.7. The predicted octanol–water partition coefficient (Wildman–Crippen LogP) is 1.88. The van der Waals surface area contributed by atoms with Crippen LogP contribution in [0, 0.1) is 0 Å². The molecule has 24 heavy (non-hydrogen) atoms. The Hall–Kier alpha value is -2.73. The minimum Gasteiger partial charge on any atom is -0.503 e. The number of aromatic nitrogens is 2. The Labute approximate surface area is 146 Å². The first-order chi connectivity index (χ1) is 11.5. The normalized spacial score (nSPS) is 11.7. The second kappa shape index (κ2) is 6.41. The number of phenols is 1. The first-order valence-corrected chi connectivity index (χ1v) is 7.94. The topological polar surface area (TPSA) is 67.2 Å². The first-order valence-electron chi connectivity index (χ1n) is 7.15. The molecule has 122 valence electrons. The predicted molar refractivity (Wildman–Crippen MR) is 97.1 cm³/mol. The molecule has 0 aliphatic carbocycles. The summed E-state index contributed by atoms with van der Waals surface area (Å²) in [6.45, 7) is 3.91. The van der Waals surface area contributed by atoms with Gasteiger partial charge >= 0.3 is 0 Å². The number of halogens is 1. The number of nitrogens with one attached hydrogen (secondary N) is 1. The molecule has 0 bridgehead atoms. The van der Waals surface area contributed by atoms with Gasteiger partial charge in [0.25, 0.3) is 5.56 Å². The van der Waals surface area contributed by atoms with Gasteiger partial charge < -0.3 is 9.84 Å². The van der Waals surface area contributed by atoms with E-state index >= 15 is 0 Å². The number of hydrogen-bond donors (Lipinski definition) is 2. The number of benzene rings is 2. The molecule has 0 radical (unpaired) electrons. The molecule has 1 heterocycles. The van der Waals surface area contributed by atoms with E-state index < -0.39 is 0 Å². The molecule has 0 fully saturated rings. The Bertz CT molecular complexity index is 1050. The number of nitrogens with zero attached hydrogens (tertiary/aromatic N) is 1. The molecule has 0 saturated carbocycles. The fraction of sp³-hybridized carbons (Fsp3) is 0.0556. The molecule has 0 atom stereocenters. The van der Waals surface area contributed by atoms with Crippen molar-refractivity contribution in [1.82, 2.24) is 9.78 Å². The van der Waals surface area contributed by atoms with Gasteiger partial charge in [0.1, 0.15) is 0 Å². The van der Waals surface area contributed by atoms with Gasteiger partial charge in [-0.15, -0.1) is 0 Å². The number of phenolic OH excluding ortho intramolecular Hbond substituents is 1. The van der Waals surface area contributed by atoms with Gasteiger partial charge in [-0.25, -0.2) is 4.68 Å².